The molecule has 0 aliphatic heterocycles. The van der Waals surface area contributed by atoms with Gasteiger partial charge in [-0.15, -0.1) is 0 Å². The minimum atomic E-state index is 0.281. The van der Waals surface area contributed by atoms with Gasteiger partial charge in [0.2, 0.25) is 0 Å². The minimum absolute atomic E-state index is 0.281. The van der Waals surface area contributed by atoms with Gasteiger partial charge in [0.1, 0.15) is 0 Å². The Labute approximate surface area is 310 Å². The molecule has 0 atom stereocenters. The quantitative estimate of drug-likeness (QED) is 0.159. The summed E-state index contributed by atoms with van der Waals surface area (Å²) in [6.07, 6.45) is 0. The molecule has 0 saturated carbocycles. The maximum absolute atomic E-state index is 2.47. The average molecular weight is 746 g/mol. The molecule has 0 N–H and O–H groups in total. The topological polar surface area (TPSA) is 8.17 Å². The van der Waals surface area contributed by atoms with E-state index in [0.717, 1.165) is 5.69 Å². The van der Waals surface area contributed by atoms with Crippen molar-refractivity contribution in [3.8, 4) is 16.8 Å². The molecule has 0 saturated heterocycles. The molecule has 0 aliphatic carbocycles. The van der Waals surface area contributed by atoms with Crippen LogP contribution >= 0.6 is 11.3 Å². The van der Waals surface area contributed by atoms with E-state index in [1.807, 2.05) is 11.3 Å². The van der Waals surface area contributed by atoms with E-state index in [9.17, 15) is 0 Å². The summed E-state index contributed by atoms with van der Waals surface area (Å²) in [4.78, 5) is 2.47. The number of benzene rings is 8. The van der Waals surface area contributed by atoms with Crippen molar-refractivity contribution in [2.24, 2.45) is 0 Å². The molecular formula is C48H30N2SSe. The van der Waals surface area contributed by atoms with Crippen LogP contribution in [0.4, 0.5) is 17.1 Å². The minimum Gasteiger partial charge on any atom is -0.0602 e. The van der Waals surface area contributed by atoms with Crippen molar-refractivity contribution in [2.75, 3.05) is 4.90 Å². The van der Waals surface area contributed by atoms with Crippen LogP contribution in [-0.2, 0) is 0 Å². The van der Waals surface area contributed by atoms with Crippen molar-refractivity contribution >= 4 is 104 Å². The van der Waals surface area contributed by atoms with Gasteiger partial charge in [0.15, 0.2) is 0 Å². The summed E-state index contributed by atoms with van der Waals surface area (Å²) in [7, 11) is 0. The predicted octanol–water partition coefficient (Wildman–Crippen LogP) is 13.7. The molecule has 11 aromatic rings. The van der Waals surface area contributed by atoms with Crippen LogP contribution in [0.25, 0.3) is 78.1 Å². The number of hydrogen-bond acceptors (Lipinski definition) is 2. The van der Waals surface area contributed by atoms with Crippen molar-refractivity contribution < 1.29 is 0 Å². The summed E-state index contributed by atoms with van der Waals surface area (Å²) >= 11 is 2.16. The van der Waals surface area contributed by atoms with E-state index >= 15 is 0 Å². The number of fused-ring (bicyclic) bond motifs is 9. The van der Waals surface area contributed by atoms with Gasteiger partial charge in [-0.05, 0) is 18.2 Å². The van der Waals surface area contributed by atoms with Gasteiger partial charge in [0, 0.05) is 5.69 Å². The molecule has 0 bridgehead atoms. The second-order valence-corrected chi connectivity index (χ2v) is 16.7. The smallest absolute Gasteiger partial charge is 0.0602 e. The fourth-order valence-corrected chi connectivity index (χ4v) is 11.6. The fourth-order valence-electron chi connectivity index (χ4n) is 8.00. The first kappa shape index (κ1) is 29.8. The zero-order chi connectivity index (χ0) is 34.2. The van der Waals surface area contributed by atoms with Gasteiger partial charge in [0.25, 0.3) is 0 Å². The number of aromatic nitrogens is 1. The van der Waals surface area contributed by atoms with E-state index in [1.165, 1.54) is 89.5 Å². The Morgan fingerprint density at radius 1 is 0.423 bits per heavy atom. The summed E-state index contributed by atoms with van der Waals surface area (Å²) in [6.45, 7) is 0. The molecule has 244 valence electrons. The monoisotopic (exact) mass is 746 g/mol. The van der Waals surface area contributed by atoms with Crippen molar-refractivity contribution in [2.45, 2.75) is 0 Å². The zero-order valence-electron chi connectivity index (χ0n) is 28.0. The van der Waals surface area contributed by atoms with E-state index in [-0.39, 0.29) is 14.5 Å². The summed E-state index contributed by atoms with van der Waals surface area (Å²) < 4.78 is 7.91. The Kier molecular flexibility index (Phi) is 6.78. The number of rotatable bonds is 5. The fraction of sp³-hybridized carbons (Fsp3) is 0. The first-order valence-corrected chi connectivity index (χ1v) is 20.1. The molecule has 0 unspecified atom stereocenters. The van der Waals surface area contributed by atoms with Crippen LogP contribution in [0.5, 0.6) is 0 Å². The normalized spacial score (nSPS) is 11.8. The SMILES string of the molecule is c1ccc(-n2c3ccccc3c3cc(-c4ccc(N(c5ccc6c(c5)[se]c5ccccc56)c5cccc6c5sc5ccccc56)cc4)ccc32)cc1. The van der Waals surface area contributed by atoms with Gasteiger partial charge in [-0.2, -0.15) is 0 Å². The summed E-state index contributed by atoms with van der Waals surface area (Å²) in [6, 6.07) is 67.0. The second-order valence-electron chi connectivity index (χ2n) is 13.3. The van der Waals surface area contributed by atoms with Crippen LogP contribution in [0.2, 0.25) is 0 Å². The van der Waals surface area contributed by atoms with E-state index in [1.54, 1.807) is 0 Å². The number of anilines is 3. The Morgan fingerprint density at radius 2 is 1.10 bits per heavy atom. The van der Waals surface area contributed by atoms with Crippen molar-refractivity contribution in [1.82, 2.24) is 4.57 Å². The van der Waals surface area contributed by atoms with Crippen molar-refractivity contribution in [3.05, 3.63) is 182 Å². The second kappa shape index (κ2) is 11.8. The molecule has 3 aromatic heterocycles. The summed E-state index contributed by atoms with van der Waals surface area (Å²) in [5, 5.41) is 7.91. The van der Waals surface area contributed by atoms with Gasteiger partial charge in [-0.3, -0.25) is 0 Å². The van der Waals surface area contributed by atoms with Crippen LogP contribution in [0, 0.1) is 0 Å². The van der Waals surface area contributed by atoms with Crippen LogP contribution in [-0.4, -0.2) is 19.1 Å². The molecule has 4 heteroatoms. The molecule has 3 heterocycles. The third kappa shape index (κ3) is 4.62. The Balaban J connectivity index is 1.07. The predicted molar refractivity (Wildman–Crippen MR) is 226 cm³/mol. The van der Waals surface area contributed by atoms with E-state index in [4.69, 9.17) is 0 Å². The van der Waals surface area contributed by atoms with Gasteiger partial charge in [-0.25, -0.2) is 0 Å². The van der Waals surface area contributed by atoms with Crippen LogP contribution in [0.1, 0.15) is 0 Å². The summed E-state index contributed by atoms with van der Waals surface area (Å²) in [5.41, 5.74) is 9.60. The zero-order valence-corrected chi connectivity index (χ0v) is 30.6. The van der Waals surface area contributed by atoms with Crippen LogP contribution in [0.15, 0.2) is 182 Å². The number of hydrogen-bond donors (Lipinski definition) is 0. The van der Waals surface area contributed by atoms with E-state index in [0.29, 0.717) is 0 Å². The molecule has 52 heavy (non-hydrogen) atoms. The first-order valence-electron chi connectivity index (χ1n) is 17.6. The first-order chi connectivity index (χ1) is 25.8. The molecule has 0 spiro atoms. The van der Waals surface area contributed by atoms with E-state index in [2.05, 4.69) is 191 Å². The number of nitrogens with zero attached hydrogens (tertiary/aromatic N) is 2. The summed E-state index contributed by atoms with van der Waals surface area (Å²) in [5.74, 6) is 0. The maximum atomic E-state index is 2.47. The molecule has 0 fully saturated rings. The van der Waals surface area contributed by atoms with Gasteiger partial charge >= 0.3 is 242 Å². The van der Waals surface area contributed by atoms with Gasteiger partial charge in [0.05, 0.1) is 5.52 Å². The number of para-hydroxylation sites is 2. The Hall–Kier alpha value is -5.90. The standard InChI is InChI=1S/C48H30N2SSe/c1-2-11-33(12-3-1)50-42-17-7-4-13-36(42)41-29-32(23-28-43(41)50)31-21-24-34(25-22-31)49(35-26-27-39-38-15-6-9-20-46(38)52-47(39)30-35)44-18-10-16-40-37-14-5-8-19-45(37)51-48(40)44/h1-30H. The molecule has 0 amide bonds. The molecule has 8 aromatic carbocycles. The molecule has 11 rings (SSSR count). The van der Waals surface area contributed by atoms with Crippen molar-refractivity contribution in [1.29, 1.82) is 0 Å². The Bertz CT molecular complexity index is 3130. The van der Waals surface area contributed by atoms with Crippen LogP contribution in [0.3, 0.4) is 0 Å². The molecular weight excluding hydrogens is 716 g/mol. The molecule has 0 radical (unpaired) electrons. The van der Waals surface area contributed by atoms with E-state index < -0.39 is 0 Å². The van der Waals surface area contributed by atoms with Gasteiger partial charge in [-0.1, -0.05) is 36.4 Å². The third-order valence-electron chi connectivity index (χ3n) is 10.4. The molecule has 2 nitrogen and oxygen atoms in total. The molecule has 0 aliphatic rings. The number of thiophene rings is 1. The average Bonchev–Trinajstić information content (AvgIpc) is 3.88. The van der Waals surface area contributed by atoms with Gasteiger partial charge < -0.3 is 4.57 Å². The van der Waals surface area contributed by atoms with Crippen molar-refractivity contribution in [3.63, 3.8) is 0 Å². The Morgan fingerprint density at radius 3 is 1.98 bits per heavy atom. The van der Waals surface area contributed by atoms with Crippen LogP contribution < -0.4 is 4.90 Å². The third-order valence-corrected chi connectivity index (χ3v) is 14.0.